The van der Waals surface area contributed by atoms with Gasteiger partial charge in [0.05, 0.1) is 6.20 Å². The summed E-state index contributed by atoms with van der Waals surface area (Å²) < 4.78 is 1.02. The summed E-state index contributed by atoms with van der Waals surface area (Å²) in [4.78, 5) is 8.24. The minimum absolute atomic E-state index is 0.479. The van der Waals surface area contributed by atoms with E-state index in [4.69, 9.17) is 11.6 Å². The first-order valence-corrected chi connectivity index (χ1v) is 6.09. The summed E-state index contributed by atoms with van der Waals surface area (Å²) in [6.07, 6.45) is 1.56. The molecule has 0 saturated carbocycles. The van der Waals surface area contributed by atoms with E-state index < -0.39 is 0 Å². The molecule has 0 bridgehead atoms. The van der Waals surface area contributed by atoms with Gasteiger partial charge in [0.15, 0.2) is 5.82 Å². The third-order valence-electron chi connectivity index (χ3n) is 2.07. The second kappa shape index (κ2) is 5.33. The molecule has 0 amide bonds. The summed E-state index contributed by atoms with van der Waals surface area (Å²) in [5.41, 5.74) is 0.913. The fourth-order valence-electron chi connectivity index (χ4n) is 1.25. The van der Waals surface area contributed by atoms with Crippen molar-refractivity contribution in [2.75, 3.05) is 17.7 Å². The van der Waals surface area contributed by atoms with Gasteiger partial charge in [-0.15, -0.1) is 0 Å². The quantitative estimate of drug-likeness (QED) is 0.907. The van der Waals surface area contributed by atoms with E-state index in [1.807, 2.05) is 24.3 Å². The lowest BCUT2D eigenvalue weighted by molar-refractivity contribution is 1.15. The maximum absolute atomic E-state index is 6.01. The van der Waals surface area contributed by atoms with Crippen LogP contribution in [-0.4, -0.2) is 17.0 Å². The van der Waals surface area contributed by atoms with Crippen LogP contribution in [0.15, 0.2) is 34.9 Å². The standard InChI is InChI=1S/C11H10BrClN4/c1-14-11-15-6-9(13)10(17-11)16-8-4-2-7(12)3-5-8/h2-6H,1H3,(H2,14,15,16,17). The van der Waals surface area contributed by atoms with Gasteiger partial charge in [-0.1, -0.05) is 27.5 Å². The number of benzene rings is 1. The van der Waals surface area contributed by atoms with Crippen LogP contribution in [0, 0.1) is 0 Å². The highest BCUT2D eigenvalue weighted by Crippen LogP contribution is 2.24. The first kappa shape index (κ1) is 12.1. The zero-order valence-corrected chi connectivity index (χ0v) is 11.4. The molecule has 2 N–H and O–H groups in total. The van der Waals surface area contributed by atoms with Crippen molar-refractivity contribution in [3.8, 4) is 0 Å². The van der Waals surface area contributed by atoms with E-state index >= 15 is 0 Å². The van der Waals surface area contributed by atoms with Gasteiger partial charge in [-0.3, -0.25) is 0 Å². The van der Waals surface area contributed by atoms with Gasteiger partial charge in [0, 0.05) is 17.2 Å². The number of anilines is 3. The average Bonchev–Trinajstić information content (AvgIpc) is 2.35. The predicted molar refractivity (Wildman–Crippen MR) is 74.0 cm³/mol. The number of hydrogen-bond donors (Lipinski definition) is 2. The number of nitrogens with zero attached hydrogens (tertiary/aromatic N) is 2. The van der Waals surface area contributed by atoms with E-state index in [0.29, 0.717) is 16.8 Å². The number of aromatic nitrogens is 2. The minimum atomic E-state index is 0.479. The third-order valence-corrected chi connectivity index (χ3v) is 2.88. The van der Waals surface area contributed by atoms with Crippen molar-refractivity contribution in [2.45, 2.75) is 0 Å². The van der Waals surface area contributed by atoms with Crippen LogP contribution in [0.25, 0.3) is 0 Å². The molecule has 2 aromatic rings. The molecule has 0 saturated heterocycles. The largest absolute Gasteiger partial charge is 0.357 e. The fourth-order valence-corrected chi connectivity index (χ4v) is 1.65. The molecule has 1 aromatic heterocycles. The van der Waals surface area contributed by atoms with Gasteiger partial charge in [0.25, 0.3) is 0 Å². The molecule has 17 heavy (non-hydrogen) atoms. The Kier molecular flexibility index (Phi) is 3.81. The highest BCUT2D eigenvalue weighted by molar-refractivity contribution is 9.10. The normalized spacial score (nSPS) is 10.1. The van der Waals surface area contributed by atoms with Crippen LogP contribution in [0.5, 0.6) is 0 Å². The van der Waals surface area contributed by atoms with Crippen LogP contribution < -0.4 is 10.6 Å². The SMILES string of the molecule is CNc1ncc(Cl)c(Nc2ccc(Br)cc2)n1. The van der Waals surface area contributed by atoms with Gasteiger partial charge in [-0.05, 0) is 24.3 Å². The Bertz CT molecular complexity index is 515. The summed E-state index contributed by atoms with van der Waals surface area (Å²) in [6.45, 7) is 0. The Balaban J connectivity index is 2.25. The predicted octanol–water partition coefficient (Wildman–Crippen LogP) is 3.68. The molecular weight excluding hydrogens is 304 g/mol. The Hall–Kier alpha value is -1.33. The van der Waals surface area contributed by atoms with Crippen LogP contribution >= 0.6 is 27.5 Å². The highest BCUT2D eigenvalue weighted by Gasteiger charge is 2.04. The zero-order chi connectivity index (χ0) is 12.3. The zero-order valence-electron chi connectivity index (χ0n) is 9.04. The van der Waals surface area contributed by atoms with Crippen LogP contribution in [0.3, 0.4) is 0 Å². The van der Waals surface area contributed by atoms with Crippen LogP contribution in [0.4, 0.5) is 17.5 Å². The minimum Gasteiger partial charge on any atom is -0.357 e. The van der Waals surface area contributed by atoms with Crippen molar-refractivity contribution >= 4 is 45.0 Å². The molecule has 1 heterocycles. The summed E-state index contributed by atoms with van der Waals surface area (Å²) in [6, 6.07) is 7.75. The molecule has 0 radical (unpaired) electrons. The lowest BCUT2D eigenvalue weighted by Crippen LogP contribution is -2.00. The number of hydrogen-bond acceptors (Lipinski definition) is 4. The topological polar surface area (TPSA) is 49.8 Å². The second-order valence-electron chi connectivity index (χ2n) is 3.27. The molecule has 0 unspecified atom stereocenters. The van der Waals surface area contributed by atoms with E-state index in [1.54, 1.807) is 13.2 Å². The molecular formula is C11H10BrClN4. The number of halogens is 2. The molecule has 2 rings (SSSR count). The van der Waals surface area contributed by atoms with Crippen molar-refractivity contribution in [3.05, 3.63) is 40.0 Å². The maximum Gasteiger partial charge on any atom is 0.224 e. The highest BCUT2D eigenvalue weighted by atomic mass is 79.9. The first-order chi connectivity index (χ1) is 8.19. The van der Waals surface area contributed by atoms with E-state index in [0.717, 1.165) is 10.2 Å². The molecule has 0 fully saturated rings. The molecule has 1 aromatic carbocycles. The van der Waals surface area contributed by atoms with Gasteiger partial charge < -0.3 is 10.6 Å². The fraction of sp³-hybridized carbons (Fsp3) is 0.0909. The van der Waals surface area contributed by atoms with E-state index in [-0.39, 0.29) is 0 Å². The van der Waals surface area contributed by atoms with Gasteiger partial charge in [0.2, 0.25) is 5.95 Å². The van der Waals surface area contributed by atoms with Crippen LogP contribution in [-0.2, 0) is 0 Å². The maximum atomic E-state index is 6.01. The summed E-state index contributed by atoms with van der Waals surface area (Å²) in [7, 11) is 1.76. The Labute approximate surface area is 113 Å². The van der Waals surface area contributed by atoms with Gasteiger partial charge in [-0.2, -0.15) is 4.98 Å². The monoisotopic (exact) mass is 312 g/mol. The Morgan fingerprint density at radius 3 is 2.59 bits per heavy atom. The Morgan fingerprint density at radius 1 is 1.24 bits per heavy atom. The van der Waals surface area contributed by atoms with Crippen molar-refractivity contribution in [2.24, 2.45) is 0 Å². The van der Waals surface area contributed by atoms with Crippen molar-refractivity contribution in [1.82, 2.24) is 9.97 Å². The summed E-state index contributed by atoms with van der Waals surface area (Å²) in [5, 5.41) is 6.47. The van der Waals surface area contributed by atoms with Crippen molar-refractivity contribution in [1.29, 1.82) is 0 Å². The molecule has 0 atom stereocenters. The number of rotatable bonds is 3. The lowest BCUT2D eigenvalue weighted by Gasteiger charge is -2.08. The van der Waals surface area contributed by atoms with Crippen LogP contribution in [0.2, 0.25) is 5.02 Å². The molecule has 4 nitrogen and oxygen atoms in total. The van der Waals surface area contributed by atoms with E-state index in [2.05, 4.69) is 36.5 Å². The van der Waals surface area contributed by atoms with Gasteiger partial charge in [-0.25, -0.2) is 4.98 Å². The third kappa shape index (κ3) is 3.08. The second-order valence-corrected chi connectivity index (χ2v) is 4.59. The molecule has 0 spiro atoms. The van der Waals surface area contributed by atoms with Gasteiger partial charge in [0.1, 0.15) is 5.02 Å². The average molecular weight is 314 g/mol. The first-order valence-electron chi connectivity index (χ1n) is 4.92. The van der Waals surface area contributed by atoms with Crippen LogP contribution in [0.1, 0.15) is 0 Å². The summed E-state index contributed by atoms with van der Waals surface area (Å²) >= 11 is 9.39. The lowest BCUT2D eigenvalue weighted by atomic mass is 10.3. The molecule has 88 valence electrons. The number of nitrogens with one attached hydrogen (secondary N) is 2. The molecule has 0 aliphatic carbocycles. The van der Waals surface area contributed by atoms with Crippen molar-refractivity contribution < 1.29 is 0 Å². The Morgan fingerprint density at radius 2 is 1.94 bits per heavy atom. The van der Waals surface area contributed by atoms with E-state index in [9.17, 15) is 0 Å². The molecule has 0 aliphatic heterocycles. The molecule has 0 aliphatic rings. The van der Waals surface area contributed by atoms with E-state index in [1.165, 1.54) is 0 Å². The van der Waals surface area contributed by atoms with Crippen molar-refractivity contribution in [3.63, 3.8) is 0 Å². The molecule has 6 heteroatoms. The summed E-state index contributed by atoms with van der Waals surface area (Å²) in [5.74, 6) is 1.10. The van der Waals surface area contributed by atoms with Gasteiger partial charge >= 0.3 is 0 Å². The smallest absolute Gasteiger partial charge is 0.224 e.